The lowest BCUT2D eigenvalue weighted by Crippen LogP contribution is -2.47. The van der Waals surface area contributed by atoms with E-state index in [0.29, 0.717) is 18.0 Å². The Kier molecular flexibility index (Phi) is 7.21. The predicted octanol–water partition coefficient (Wildman–Crippen LogP) is 3.47. The number of carbonyl (C=O) groups is 4. The molecule has 1 N–H and O–H groups in total. The van der Waals surface area contributed by atoms with Crippen molar-refractivity contribution in [3.63, 3.8) is 0 Å². The van der Waals surface area contributed by atoms with Crippen molar-refractivity contribution in [3.05, 3.63) is 95.6 Å². The smallest absolute Gasteiger partial charge is 0.330 e. The van der Waals surface area contributed by atoms with E-state index in [4.69, 9.17) is 9.47 Å². The Balaban J connectivity index is 1.46. The van der Waals surface area contributed by atoms with E-state index in [1.165, 1.54) is 0 Å². The fraction of sp³-hybridized carbons (Fsp3) is 0.185. The van der Waals surface area contributed by atoms with E-state index >= 15 is 0 Å². The van der Waals surface area contributed by atoms with Crippen LogP contribution in [0, 0.1) is 0 Å². The highest BCUT2D eigenvalue weighted by Gasteiger charge is 2.43. The highest BCUT2D eigenvalue weighted by molar-refractivity contribution is 6.22. The summed E-state index contributed by atoms with van der Waals surface area (Å²) in [5, 5.41) is 2.64. The molecule has 1 atom stereocenters. The van der Waals surface area contributed by atoms with Gasteiger partial charge in [-0.2, -0.15) is 0 Å². The van der Waals surface area contributed by atoms with Crippen LogP contribution in [-0.4, -0.2) is 47.8 Å². The van der Waals surface area contributed by atoms with Crippen molar-refractivity contribution in [1.82, 2.24) is 4.90 Å². The molecule has 1 heterocycles. The average Bonchev–Trinajstić information content (AvgIpc) is 3.13. The van der Waals surface area contributed by atoms with E-state index in [1.54, 1.807) is 72.8 Å². The molecular weight excluding hydrogens is 448 g/mol. The maximum absolute atomic E-state index is 13.1. The summed E-state index contributed by atoms with van der Waals surface area (Å²) >= 11 is 0. The zero-order valence-electron chi connectivity index (χ0n) is 19.1. The van der Waals surface area contributed by atoms with Crippen molar-refractivity contribution in [2.75, 3.05) is 18.5 Å². The first kappa shape index (κ1) is 23.7. The minimum atomic E-state index is -1.22. The van der Waals surface area contributed by atoms with Crippen LogP contribution in [0.25, 0.3) is 0 Å². The number of anilines is 1. The van der Waals surface area contributed by atoms with Crippen LogP contribution in [-0.2, 0) is 20.7 Å². The van der Waals surface area contributed by atoms with Gasteiger partial charge >= 0.3 is 5.97 Å². The van der Waals surface area contributed by atoms with Crippen LogP contribution in [0.3, 0.4) is 0 Å². The van der Waals surface area contributed by atoms with Gasteiger partial charge in [-0.3, -0.25) is 19.3 Å². The molecule has 8 nitrogen and oxygen atoms in total. The van der Waals surface area contributed by atoms with Crippen molar-refractivity contribution < 1.29 is 28.7 Å². The van der Waals surface area contributed by atoms with Gasteiger partial charge in [-0.05, 0) is 48.9 Å². The third-order valence-electron chi connectivity index (χ3n) is 5.48. The van der Waals surface area contributed by atoms with E-state index in [1.807, 2.05) is 13.0 Å². The number of amides is 3. The van der Waals surface area contributed by atoms with Crippen LogP contribution in [0.2, 0.25) is 0 Å². The van der Waals surface area contributed by atoms with Gasteiger partial charge in [-0.25, -0.2) is 4.79 Å². The normalized spacial score (nSPS) is 13.2. The highest BCUT2D eigenvalue weighted by Crippen LogP contribution is 2.26. The first-order chi connectivity index (χ1) is 17.0. The maximum atomic E-state index is 13.1. The summed E-state index contributed by atoms with van der Waals surface area (Å²) in [6.45, 7) is 1.83. The molecule has 0 saturated carbocycles. The fourth-order valence-electron chi connectivity index (χ4n) is 3.84. The second-order valence-corrected chi connectivity index (χ2v) is 7.84. The summed E-state index contributed by atoms with van der Waals surface area (Å²) in [5.74, 6) is -1.86. The minimum absolute atomic E-state index is 0.0612. The Hall–Kier alpha value is -4.46. The van der Waals surface area contributed by atoms with Crippen molar-refractivity contribution in [1.29, 1.82) is 0 Å². The molecule has 178 valence electrons. The average molecular weight is 472 g/mol. The fourth-order valence-corrected chi connectivity index (χ4v) is 3.84. The largest absolute Gasteiger partial charge is 0.494 e. The number of hydrogen-bond acceptors (Lipinski definition) is 6. The standard InChI is InChI=1S/C27H24N2O6/c1-2-34-20-14-12-19(13-15-20)28-24(30)17-35-27(33)23(16-18-8-4-3-5-9-18)29-25(31)21-10-6-7-11-22(21)26(29)32/h3-15,23H,2,16-17H2,1H3,(H,28,30)/t23-/m0/s1. The van der Waals surface area contributed by atoms with Gasteiger partial charge in [0.15, 0.2) is 6.61 Å². The Bertz CT molecular complexity index is 1210. The van der Waals surface area contributed by atoms with Crippen molar-refractivity contribution in [3.8, 4) is 5.75 Å². The van der Waals surface area contributed by atoms with Gasteiger partial charge in [0.05, 0.1) is 17.7 Å². The Morgan fingerprint density at radius 2 is 1.46 bits per heavy atom. The molecule has 0 fully saturated rings. The number of esters is 1. The number of fused-ring (bicyclic) bond motifs is 1. The maximum Gasteiger partial charge on any atom is 0.330 e. The first-order valence-corrected chi connectivity index (χ1v) is 11.2. The highest BCUT2D eigenvalue weighted by atomic mass is 16.5. The number of carbonyl (C=O) groups excluding carboxylic acids is 4. The van der Waals surface area contributed by atoms with E-state index < -0.39 is 36.3 Å². The van der Waals surface area contributed by atoms with E-state index in [-0.39, 0.29) is 17.5 Å². The Morgan fingerprint density at radius 1 is 0.857 bits per heavy atom. The number of imide groups is 1. The lowest BCUT2D eigenvalue weighted by Gasteiger charge is -2.24. The van der Waals surface area contributed by atoms with Crippen LogP contribution in [0.5, 0.6) is 5.75 Å². The molecule has 0 spiro atoms. The molecule has 3 amide bonds. The molecular formula is C27H24N2O6. The van der Waals surface area contributed by atoms with Crippen molar-refractivity contribution in [2.24, 2.45) is 0 Å². The molecule has 0 aromatic heterocycles. The monoisotopic (exact) mass is 472 g/mol. The van der Waals surface area contributed by atoms with Crippen LogP contribution in [0.15, 0.2) is 78.9 Å². The lowest BCUT2D eigenvalue weighted by atomic mass is 10.0. The molecule has 35 heavy (non-hydrogen) atoms. The third-order valence-corrected chi connectivity index (χ3v) is 5.48. The number of rotatable bonds is 9. The summed E-state index contributed by atoms with van der Waals surface area (Å²) < 4.78 is 10.6. The second-order valence-electron chi connectivity index (χ2n) is 7.84. The zero-order chi connectivity index (χ0) is 24.8. The van der Waals surface area contributed by atoms with Crippen LogP contribution >= 0.6 is 0 Å². The van der Waals surface area contributed by atoms with Crippen molar-refractivity contribution >= 4 is 29.4 Å². The molecule has 8 heteroatoms. The molecule has 3 aromatic carbocycles. The van der Waals surface area contributed by atoms with Crippen LogP contribution in [0.1, 0.15) is 33.2 Å². The molecule has 3 aromatic rings. The quantitative estimate of drug-likeness (QED) is 0.378. The van der Waals surface area contributed by atoms with Crippen molar-refractivity contribution in [2.45, 2.75) is 19.4 Å². The second kappa shape index (κ2) is 10.6. The topological polar surface area (TPSA) is 102 Å². The van der Waals surface area contributed by atoms with Gasteiger partial charge in [-0.15, -0.1) is 0 Å². The minimum Gasteiger partial charge on any atom is -0.494 e. The Morgan fingerprint density at radius 3 is 2.06 bits per heavy atom. The number of nitrogens with zero attached hydrogens (tertiary/aromatic N) is 1. The molecule has 0 saturated heterocycles. The number of hydrogen-bond donors (Lipinski definition) is 1. The molecule has 4 rings (SSSR count). The molecule has 0 radical (unpaired) electrons. The zero-order valence-corrected chi connectivity index (χ0v) is 19.1. The van der Waals surface area contributed by atoms with Gasteiger partial charge in [0.2, 0.25) is 0 Å². The van der Waals surface area contributed by atoms with Gasteiger partial charge in [-0.1, -0.05) is 42.5 Å². The van der Waals surface area contributed by atoms with E-state index in [0.717, 1.165) is 10.5 Å². The molecule has 1 aliphatic heterocycles. The predicted molar refractivity (Wildman–Crippen MR) is 128 cm³/mol. The summed E-state index contributed by atoms with van der Waals surface area (Å²) in [7, 11) is 0. The van der Waals surface area contributed by atoms with E-state index in [2.05, 4.69) is 5.32 Å². The van der Waals surface area contributed by atoms with Crippen LogP contribution < -0.4 is 10.1 Å². The number of ether oxygens (including phenoxy) is 2. The number of nitrogens with one attached hydrogen (secondary N) is 1. The first-order valence-electron chi connectivity index (χ1n) is 11.2. The SMILES string of the molecule is CCOc1ccc(NC(=O)COC(=O)[C@H](Cc2ccccc2)N2C(=O)c3ccccc3C2=O)cc1. The molecule has 1 aliphatic rings. The van der Waals surface area contributed by atoms with Gasteiger partial charge in [0.25, 0.3) is 17.7 Å². The van der Waals surface area contributed by atoms with E-state index in [9.17, 15) is 19.2 Å². The Labute approximate surface area is 202 Å². The lowest BCUT2D eigenvalue weighted by molar-refractivity contribution is -0.151. The molecule has 0 bridgehead atoms. The third kappa shape index (κ3) is 5.38. The number of benzene rings is 3. The summed E-state index contributed by atoms with van der Waals surface area (Å²) in [6.07, 6.45) is 0.0612. The molecule has 0 unspecified atom stereocenters. The molecule has 0 aliphatic carbocycles. The summed E-state index contributed by atoms with van der Waals surface area (Å²) in [6, 6.07) is 20.9. The summed E-state index contributed by atoms with van der Waals surface area (Å²) in [5.41, 5.74) is 1.72. The summed E-state index contributed by atoms with van der Waals surface area (Å²) in [4.78, 5) is 52.4. The van der Waals surface area contributed by atoms with Crippen LogP contribution in [0.4, 0.5) is 5.69 Å². The van der Waals surface area contributed by atoms with Gasteiger partial charge < -0.3 is 14.8 Å². The van der Waals surface area contributed by atoms with Gasteiger partial charge in [0.1, 0.15) is 11.8 Å². The van der Waals surface area contributed by atoms with Gasteiger partial charge in [0, 0.05) is 12.1 Å².